The predicted octanol–water partition coefficient (Wildman–Crippen LogP) is 4.76. The van der Waals surface area contributed by atoms with Crippen molar-refractivity contribution < 1.29 is 24.2 Å². The Labute approximate surface area is 206 Å². The Bertz CT molecular complexity index is 1550. The van der Waals surface area contributed by atoms with Crippen molar-refractivity contribution in [2.45, 2.75) is 13.0 Å². The number of fused-ring (bicyclic) bond motifs is 1. The zero-order valence-electron chi connectivity index (χ0n) is 19.6. The number of para-hydroxylation sites is 2. The lowest BCUT2D eigenvalue weighted by molar-refractivity contribution is -0.132. The van der Waals surface area contributed by atoms with Gasteiger partial charge in [-0.25, -0.2) is 0 Å². The molecule has 8 heteroatoms. The molecule has 180 valence electrons. The maximum absolute atomic E-state index is 13.5. The summed E-state index contributed by atoms with van der Waals surface area (Å²) in [6.45, 7) is 1.38. The molecule has 1 fully saturated rings. The van der Waals surface area contributed by atoms with Crippen LogP contribution < -0.4 is 15.0 Å². The van der Waals surface area contributed by atoms with Crippen molar-refractivity contribution in [3.63, 3.8) is 0 Å². The lowest BCUT2D eigenvalue weighted by Gasteiger charge is -2.27. The molecule has 0 aliphatic carbocycles. The number of aliphatic hydroxyl groups excluding tert-OH is 1. The van der Waals surface area contributed by atoms with Crippen LogP contribution in [-0.2, 0) is 14.4 Å². The highest BCUT2D eigenvalue weighted by atomic mass is 16.5. The summed E-state index contributed by atoms with van der Waals surface area (Å²) in [6, 6.07) is 20.1. The lowest BCUT2D eigenvalue weighted by Crippen LogP contribution is -2.29. The maximum Gasteiger partial charge on any atom is 0.300 e. The van der Waals surface area contributed by atoms with Crippen molar-refractivity contribution in [1.82, 2.24) is 4.98 Å². The predicted molar refractivity (Wildman–Crippen MR) is 137 cm³/mol. The number of H-pyrrole nitrogens is 1. The van der Waals surface area contributed by atoms with Gasteiger partial charge in [-0.05, 0) is 30.3 Å². The summed E-state index contributed by atoms with van der Waals surface area (Å²) in [5.74, 6) is -1.72. The van der Waals surface area contributed by atoms with Gasteiger partial charge < -0.3 is 20.1 Å². The van der Waals surface area contributed by atoms with Gasteiger partial charge in [-0.3, -0.25) is 19.3 Å². The quantitative estimate of drug-likeness (QED) is 0.216. The first-order chi connectivity index (χ1) is 17.4. The van der Waals surface area contributed by atoms with Gasteiger partial charge in [0.15, 0.2) is 0 Å². The number of amides is 2. The number of aromatic amines is 1. The minimum atomic E-state index is -0.970. The van der Waals surface area contributed by atoms with Crippen molar-refractivity contribution in [1.29, 1.82) is 0 Å². The first-order valence-corrected chi connectivity index (χ1v) is 11.3. The number of ether oxygens (including phenoxy) is 1. The fourth-order valence-corrected chi connectivity index (χ4v) is 4.63. The van der Waals surface area contributed by atoms with Crippen LogP contribution in [0.2, 0.25) is 0 Å². The second-order valence-corrected chi connectivity index (χ2v) is 8.39. The second-order valence-electron chi connectivity index (χ2n) is 8.39. The number of aromatic nitrogens is 1. The molecule has 2 amide bonds. The van der Waals surface area contributed by atoms with Gasteiger partial charge >= 0.3 is 0 Å². The number of ketones is 1. The fourth-order valence-electron chi connectivity index (χ4n) is 4.63. The summed E-state index contributed by atoms with van der Waals surface area (Å²) in [4.78, 5) is 43.0. The Morgan fingerprint density at radius 3 is 2.56 bits per heavy atom. The van der Waals surface area contributed by atoms with E-state index in [2.05, 4.69) is 10.3 Å². The smallest absolute Gasteiger partial charge is 0.300 e. The number of anilines is 2. The van der Waals surface area contributed by atoms with Gasteiger partial charge in [0.25, 0.3) is 11.7 Å². The van der Waals surface area contributed by atoms with Gasteiger partial charge in [0, 0.05) is 46.5 Å². The molecule has 36 heavy (non-hydrogen) atoms. The van der Waals surface area contributed by atoms with Crippen molar-refractivity contribution in [2.24, 2.45) is 0 Å². The third kappa shape index (κ3) is 3.78. The van der Waals surface area contributed by atoms with Gasteiger partial charge in [0.2, 0.25) is 5.91 Å². The largest absolute Gasteiger partial charge is 0.507 e. The van der Waals surface area contributed by atoms with Crippen molar-refractivity contribution in [2.75, 3.05) is 17.3 Å². The van der Waals surface area contributed by atoms with E-state index in [-0.39, 0.29) is 17.2 Å². The molecule has 0 saturated carbocycles. The second kappa shape index (κ2) is 9.07. The number of hydrogen-bond acceptors (Lipinski definition) is 5. The molecule has 1 aliphatic rings. The molecule has 1 aliphatic heterocycles. The van der Waals surface area contributed by atoms with Gasteiger partial charge in [-0.1, -0.05) is 42.5 Å². The van der Waals surface area contributed by atoms with Crippen LogP contribution in [0.5, 0.6) is 5.75 Å². The topological polar surface area (TPSA) is 112 Å². The molecule has 3 N–H and O–H groups in total. The molecule has 3 aromatic carbocycles. The third-order valence-electron chi connectivity index (χ3n) is 6.17. The van der Waals surface area contributed by atoms with Crippen LogP contribution >= 0.6 is 0 Å². The zero-order valence-corrected chi connectivity index (χ0v) is 19.6. The third-order valence-corrected chi connectivity index (χ3v) is 6.17. The van der Waals surface area contributed by atoms with Crippen molar-refractivity contribution >= 4 is 45.6 Å². The SMILES string of the molecule is COc1ccccc1C1/C(=C(\O)c2c[nH]c3ccccc23)C(=O)C(=O)N1c1cccc(NC(C)=O)c1. The zero-order chi connectivity index (χ0) is 25.4. The number of benzene rings is 3. The van der Waals surface area contributed by atoms with Crippen LogP contribution in [0.4, 0.5) is 11.4 Å². The van der Waals surface area contributed by atoms with Gasteiger partial charge in [-0.2, -0.15) is 0 Å². The van der Waals surface area contributed by atoms with E-state index < -0.39 is 17.7 Å². The van der Waals surface area contributed by atoms with Crippen LogP contribution in [0, 0.1) is 0 Å². The van der Waals surface area contributed by atoms with Crippen molar-refractivity contribution in [3.05, 3.63) is 95.7 Å². The highest BCUT2D eigenvalue weighted by molar-refractivity contribution is 6.52. The van der Waals surface area contributed by atoms with Crippen LogP contribution in [0.25, 0.3) is 16.7 Å². The summed E-state index contributed by atoms with van der Waals surface area (Å²) >= 11 is 0. The molecule has 1 aromatic heterocycles. The summed E-state index contributed by atoms with van der Waals surface area (Å²) in [7, 11) is 1.50. The minimum absolute atomic E-state index is 0.0563. The van der Waals surface area contributed by atoms with E-state index in [0.717, 1.165) is 5.52 Å². The van der Waals surface area contributed by atoms with E-state index in [4.69, 9.17) is 4.74 Å². The van der Waals surface area contributed by atoms with E-state index in [1.54, 1.807) is 54.7 Å². The average Bonchev–Trinajstić information content (AvgIpc) is 3.42. The molecule has 1 atom stereocenters. The van der Waals surface area contributed by atoms with E-state index in [0.29, 0.717) is 33.6 Å². The molecule has 1 unspecified atom stereocenters. The summed E-state index contributed by atoms with van der Waals surface area (Å²) in [5.41, 5.74) is 2.53. The van der Waals surface area contributed by atoms with Crippen molar-refractivity contribution in [3.8, 4) is 5.75 Å². The van der Waals surface area contributed by atoms with Gasteiger partial charge in [0.05, 0.1) is 18.7 Å². The highest BCUT2D eigenvalue weighted by Crippen LogP contribution is 2.45. The number of carbonyl (C=O) groups excluding carboxylic acids is 3. The number of methoxy groups -OCH3 is 1. The van der Waals surface area contributed by atoms with E-state index >= 15 is 0 Å². The number of Topliss-reactive ketones (excluding diaryl/α,β-unsaturated/α-hetero) is 1. The first-order valence-electron chi connectivity index (χ1n) is 11.3. The number of hydrogen-bond donors (Lipinski definition) is 3. The van der Waals surface area contributed by atoms with Crippen LogP contribution in [-0.4, -0.2) is 34.8 Å². The summed E-state index contributed by atoms with van der Waals surface area (Å²) in [5, 5.41) is 14.9. The normalized spacial score (nSPS) is 16.9. The Balaban J connectivity index is 1.76. The van der Waals surface area contributed by atoms with Crippen LogP contribution in [0.3, 0.4) is 0 Å². The minimum Gasteiger partial charge on any atom is -0.507 e. The molecular weight excluding hydrogens is 458 g/mol. The van der Waals surface area contributed by atoms with Crippen LogP contribution in [0.1, 0.15) is 24.1 Å². The first kappa shape index (κ1) is 22.9. The molecule has 0 spiro atoms. The molecular formula is C28H23N3O5. The lowest BCUT2D eigenvalue weighted by atomic mass is 9.94. The average molecular weight is 482 g/mol. The number of nitrogens with zero attached hydrogens (tertiary/aromatic N) is 1. The monoisotopic (exact) mass is 481 g/mol. The molecule has 1 saturated heterocycles. The Hall–Kier alpha value is -4.85. The summed E-state index contributed by atoms with van der Waals surface area (Å²) < 4.78 is 5.56. The number of rotatable bonds is 5. The van der Waals surface area contributed by atoms with Gasteiger partial charge in [-0.15, -0.1) is 0 Å². The molecule has 0 bridgehead atoms. The van der Waals surface area contributed by atoms with E-state index in [1.165, 1.54) is 18.9 Å². The maximum atomic E-state index is 13.5. The van der Waals surface area contributed by atoms with Crippen LogP contribution in [0.15, 0.2) is 84.6 Å². The highest BCUT2D eigenvalue weighted by Gasteiger charge is 2.48. The standard InChI is InChI=1S/C28H23N3O5/c1-16(32)30-17-8-7-9-18(14-17)31-25(20-11-4-6-13-23(20)36-2)24(27(34)28(31)35)26(33)21-15-29-22-12-5-3-10-19(21)22/h3-15,25,29,33H,1-2H3,(H,30,32)/b26-24+. The molecule has 2 heterocycles. The molecule has 4 aromatic rings. The van der Waals surface area contributed by atoms with E-state index in [1.807, 2.05) is 24.3 Å². The van der Waals surface area contributed by atoms with E-state index in [9.17, 15) is 19.5 Å². The number of carbonyl (C=O) groups is 3. The Morgan fingerprint density at radius 1 is 1.03 bits per heavy atom. The Morgan fingerprint density at radius 2 is 1.78 bits per heavy atom. The molecule has 5 rings (SSSR count). The molecule has 8 nitrogen and oxygen atoms in total. The summed E-state index contributed by atoms with van der Waals surface area (Å²) in [6.07, 6.45) is 1.62. The number of aliphatic hydroxyl groups is 1. The van der Waals surface area contributed by atoms with Gasteiger partial charge in [0.1, 0.15) is 11.5 Å². The molecule has 0 radical (unpaired) electrons. The fraction of sp³-hybridized carbons (Fsp3) is 0.107. The number of nitrogens with one attached hydrogen (secondary N) is 2. The Kier molecular flexibility index (Phi) is 5.77.